The molecule has 25 heavy (non-hydrogen) atoms. The van der Waals surface area contributed by atoms with Crippen molar-refractivity contribution in [2.45, 2.75) is 0 Å². The van der Waals surface area contributed by atoms with Gasteiger partial charge in [0.1, 0.15) is 16.9 Å². The van der Waals surface area contributed by atoms with E-state index >= 15 is 0 Å². The molecule has 1 aromatic heterocycles. The molecule has 0 fully saturated rings. The first kappa shape index (κ1) is 15.9. The number of aromatic nitrogens is 3. The molecular formula is C18H15IN4O2. The maximum absolute atomic E-state index is 10.4. The highest BCUT2D eigenvalue weighted by Gasteiger charge is 2.17. The van der Waals surface area contributed by atoms with Gasteiger partial charge < -0.3 is 14.7 Å². The summed E-state index contributed by atoms with van der Waals surface area (Å²) in [7, 11) is 1.63. The van der Waals surface area contributed by atoms with Gasteiger partial charge in [0.25, 0.3) is 0 Å². The van der Waals surface area contributed by atoms with Crippen molar-refractivity contribution >= 4 is 40.2 Å². The van der Waals surface area contributed by atoms with Gasteiger partial charge in [-0.3, -0.25) is 0 Å². The SMILES string of the molecule is COc1ccc(-n2nnc3c2=CN(c2ccc(I)cc2)CC=3O)cc1. The van der Waals surface area contributed by atoms with Crippen LogP contribution < -0.4 is 20.3 Å². The lowest BCUT2D eigenvalue weighted by Gasteiger charge is -2.22. The number of hydrogen-bond donors (Lipinski definition) is 1. The van der Waals surface area contributed by atoms with Gasteiger partial charge in [0, 0.05) is 15.5 Å². The van der Waals surface area contributed by atoms with Crippen molar-refractivity contribution < 1.29 is 9.84 Å². The maximum Gasteiger partial charge on any atom is 0.154 e. The van der Waals surface area contributed by atoms with Crippen LogP contribution in [0.1, 0.15) is 0 Å². The van der Waals surface area contributed by atoms with Gasteiger partial charge in [-0.1, -0.05) is 5.21 Å². The first-order valence-electron chi connectivity index (χ1n) is 7.68. The molecule has 3 aromatic rings. The Morgan fingerprint density at radius 1 is 1.04 bits per heavy atom. The highest BCUT2D eigenvalue weighted by molar-refractivity contribution is 14.1. The number of rotatable bonds is 3. The summed E-state index contributed by atoms with van der Waals surface area (Å²) in [6.07, 6.45) is 1.96. The molecule has 6 nitrogen and oxygen atoms in total. The van der Waals surface area contributed by atoms with Crippen LogP contribution in [-0.4, -0.2) is 33.8 Å². The molecule has 7 heteroatoms. The molecule has 2 heterocycles. The average molecular weight is 446 g/mol. The molecule has 0 unspecified atom stereocenters. The number of benzene rings is 2. The number of aliphatic hydroxyl groups excluding tert-OH is 1. The van der Waals surface area contributed by atoms with Crippen molar-refractivity contribution in [2.24, 2.45) is 0 Å². The summed E-state index contributed by atoms with van der Waals surface area (Å²) < 4.78 is 8.07. The van der Waals surface area contributed by atoms with E-state index < -0.39 is 0 Å². The zero-order valence-electron chi connectivity index (χ0n) is 13.4. The molecule has 0 aliphatic carbocycles. The van der Waals surface area contributed by atoms with Crippen LogP contribution in [0.2, 0.25) is 0 Å². The standard InChI is InChI=1S/C18H15IN4O2/c1-25-15-8-6-14(7-9-15)23-16-10-22(11-17(24)18(16)20-21-23)13-4-2-12(19)3-5-13/h2-10,24H,11H2,1H3. The summed E-state index contributed by atoms with van der Waals surface area (Å²) in [5.74, 6) is 0.979. The minimum atomic E-state index is 0.204. The van der Waals surface area contributed by atoms with Gasteiger partial charge in [0.2, 0.25) is 0 Å². The second-order valence-electron chi connectivity index (χ2n) is 5.61. The van der Waals surface area contributed by atoms with E-state index in [1.54, 1.807) is 11.8 Å². The first-order chi connectivity index (χ1) is 12.2. The van der Waals surface area contributed by atoms with Crippen molar-refractivity contribution in [1.29, 1.82) is 0 Å². The Hall–Kier alpha value is -2.55. The van der Waals surface area contributed by atoms with Crippen molar-refractivity contribution in [3.63, 3.8) is 0 Å². The van der Waals surface area contributed by atoms with Crippen LogP contribution >= 0.6 is 22.6 Å². The molecule has 0 atom stereocenters. The van der Waals surface area contributed by atoms with E-state index in [0.29, 0.717) is 11.9 Å². The summed E-state index contributed by atoms with van der Waals surface area (Å²) in [5.41, 5.74) is 1.85. The minimum Gasteiger partial charge on any atom is -0.508 e. The zero-order chi connectivity index (χ0) is 17.4. The lowest BCUT2D eigenvalue weighted by molar-refractivity contribution is 0.414. The molecular weight excluding hydrogens is 431 g/mol. The van der Waals surface area contributed by atoms with Crippen molar-refractivity contribution in [2.75, 3.05) is 18.6 Å². The largest absolute Gasteiger partial charge is 0.508 e. The topological polar surface area (TPSA) is 63.4 Å². The lowest BCUT2D eigenvalue weighted by atomic mass is 10.2. The molecule has 1 N–H and O–H groups in total. The van der Waals surface area contributed by atoms with E-state index in [1.807, 2.05) is 59.6 Å². The van der Waals surface area contributed by atoms with Crippen molar-refractivity contribution in [3.05, 3.63) is 62.8 Å². The number of methoxy groups -OCH3 is 1. The summed E-state index contributed by atoms with van der Waals surface area (Å²) in [4.78, 5) is 1.98. The summed E-state index contributed by atoms with van der Waals surface area (Å²) >= 11 is 2.27. The average Bonchev–Trinajstić information content (AvgIpc) is 3.07. The van der Waals surface area contributed by atoms with E-state index in [1.165, 1.54) is 0 Å². The fourth-order valence-corrected chi connectivity index (χ4v) is 3.11. The van der Waals surface area contributed by atoms with Crippen LogP contribution in [0.15, 0.2) is 48.5 Å². The number of fused-ring (bicyclic) bond motifs is 1. The van der Waals surface area contributed by atoms with Gasteiger partial charge in [-0.05, 0) is 71.1 Å². The molecule has 0 amide bonds. The molecule has 4 rings (SSSR count). The molecule has 0 saturated carbocycles. The van der Waals surface area contributed by atoms with Gasteiger partial charge >= 0.3 is 0 Å². The predicted molar refractivity (Wildman–Crippen MR) is 104 cm³/mol. The van der Waals surface area contributed by atoms with Gasteiger partial charge in [0.05, 0.1) is 19.3 Å². The van der Waals surface area contributed by atoms with Crippen molar-refractivity contribution in [1.82, 2.24) is 15.0 Å². The van der Waals surface area contributed by atoms with E-state index in [0.717, 1.165) is 26.0 Å². The summed E-state index contributed by atoms with van der Waals surface area (Å²) in [5, 5.41) is 20.0. The lowest BCUT2D eigenvalue weighted by Crippen LogP contribution is -2.41. The zero-order valence-corrected chi connectivity index (χ0v) is 15.6. The van der Waals surface area contributed by atoms with Gasteiger partial charge in [-0.25, -0.2) is 4.68 Å². The van der Waals surface area contributed by atoms with Crippen LogP contribution in [0.25, 0.3) is 17.6 Å². The molecule has 0 bridgehead atoms. The second kappa shape index (κ2) is 6.40. The van der Waals surface area contributed by atoms with Gasteiger partial charge in [0.15, 0.2) is 5.35 Å². The fourth-order valence-electron chi connectivity index (χ4n) is 2.75. The normalized spacial score (nSPS) is 13.4. The monoisotopic (exact) mass is 446 g/mol. The Bertz CT molecular complexity index is 1030. The quantitative estimate of drug-likeness (QED) is 0.622. The minimum absolute atomic E-state index is 0.204. The number of nitrogens with zero attached hydrogens (tertiary/aromatic N) is 4. The van der Waals surface area contributed by atoms with E-state index in [9.17, 15) is 5.11 Å². The molecule has 0 saturated heterocycles. The van der Waals surface area contributed by atoms with Crippen LogP contribution in [0.3, 0.4) is 0 Å². The van der Waals surface area contributed by atoms with Gasteiger partial charge in [-0.2, -0.15) is 0 Å². The van der Waals surface area contributed by atoms with Crippen LogP contribution in [-0.2, 0) is 0 Å². The van der Waals surface area contributed by atoms with E-state index in [2.05, 4.69) is 32.9 Å². The first-order valence-corrected chi connectivity index (χ1v) is 8.76. The fraction of sp³-hybridized carbons (Fsp3) is 0.111. The highest BCUT2D eigenvalue weighted by atomic mass is 127. The third-order valence-electron chi connectivity index (χ3n) is 4.05. The van der Waals surface area contributed by atoms with E-state index in [4.69, 9.17) is 4.74 Å². The maximum atomic E-state index is 10.4. The predicted octanol–water partition coefficient (Wildman–Crippen LogP) is 1.80. The third kappa shape index (κ3) is 2.95. The van der Waals surface area contributed by atoms with E-state index in [-0.39, 0.29) is 5.76 Å². The molecule has 2 aromatic carbocycles. The Morgan fingerprint density at radius 2 is 1.72 bits per heavy atom. The molecule has 1 aliphatic heterocycles. The second-order valence-corrected chi connectivity index (χ2v) is 6.86. The number of ether oxygens (including phenoxy) is 1. The number of halogens is 1. The number of aliphatic hydroxyl groups is 1. The third-order valence-corrected chi connectivity index (χ3v) is 4.77. The van der Waals surface area contributed by atoms with Gasteiger partial charge in [-0.15, -0.1) is 5.10 Å². The highest BCUT2D eigenvalue weighted by Crippen LogP contribution is 2.19. The molecule has 0 radical (unpaired) electrons. The summed E-state index contributed by atoms with van der Waals surface area (Å²) in [6, 6.07) is 15.7. The Morgan fingerprint density at radius 3 is 2.40 bits per heavy atom. The number of hydrogen-bond acceptors (Lipinski definition) is 5. The van der Waals surface area contributed by atoms with Crippen molar-refractivity contribution in [3.8, 4) is 11.4 Å². The smallest absolute Gasteiger partial charge is 0.154 e. The molecule has 126 valence electrons. The van der Waals surface area contributed by atoms with Crippen LogP contribution in [0, 0.1) is 3.57 Å². The Balaban J connectivity index is 1.82. The molecule has 1 aliphatic rings. The number of anilines is 1. The molecule has 0 spiro atoms. The Kier molecular flexibility index (Phi) is 4.08. The van der Waals surface area contributed by atoms with Crippen LogP contribution in [0.4, 0.5) is 5.69 Å². The summed E-state index contributed by atoms with van der Waals surface area (Å²) in [6.45, 7) is 0.370. The Labute approximate surface area is 157 Å². The van der Waals surface area contributed by atoms with Crippen LogP contribution in [0.5, 0.6) is 5.75 Å².